The first-order chi connectivity index (χ1) is 19.4. The highest BCUT2D eigenvalue weighted by Crippen LogP contribution is 2.33. The first-order valence-corrected chi connectivity index (χ1v) is 13.5. The normalized spacial score (nSPS) is 17.5. The van der Waals surface area contributed by atoms with Crippen molar-refractivity contribution in [3.8, 4) is 0 Å². The van der Waals surface area contributed by atoms with Gasteiger partial charge in [-0.3, -0.25) is 14.5 Å². The topological polar surface area (TPSA) is 65.5 Å². The second-order valence-electron chi connectivity index (χ2n) is 9.75. The summed E-state index contributed by atoms with van der Waals surface area (Å²) in [5.41, 5.74) is 2.33. The van der Waals surface area contributed by atoms with E-state index >= 15 is 0 Å². The number of hydrazone groups is 1. The maximum absolute atomic E-state index is 14.0. The van der Waals surface area contributed by atoms with Crippen LogP contribution < -0.4 is 0 Å². The van der Waals surface area contributed by atoms with E-state index in [2.05, 4.69) is 10.0 Å². The Morgan fingerprint density at radius 2 is 1.70 bits per heavy atom. The molecule has 5 rings (SSSR count). The van der Waals surface area contributed by atoms with Gasteiger partial charge in [-0.15, -0.1) is 0 Å². The van der Waals surface area contributed by atoms with Crippen LogP contribution in [0, 0.1) is 11.6 Å². The van der Waals surface area contributed by atoms with E-state index in [1.807, 2.05) is 12.1 Å². The minimum absolute atomic E-state index is 0.168. The first-order valence-electron chi connectivity index (χ1n) is 13.1. The Balaban J connectivity index is 1.41. The monoisotopic (exact) mass is 566 g/mol. The molecule has 3 aromatic rings. The zero-order valence-corrected chi connectivity index (χ0v) is 22.6. The van der Waals surface area contributed by atoms with Crippen LogP contribution >= 0.6 is 11.6 Å². The lowest BCUT2D eigenvalue weighted by Gasteiger charge is -2.31. The Kier molecular flexibility index (Phi) is 8.84. The lowest BCUT2D eigenvalue weighted by molar-refractivity contribution is -0.133. The van der Waals surface area contributed by atoms with Crippen LogP contribution in [-0.2, 0) is 9.53 Å². The molecule has 3 aromatic carbocycles. The van der Waals surface area contributed by atoms with E-state index in [4.69, 9.17) is 16.3 Å². The molecule has 0 radical (unpaired) electrons. The SMILES string of the molecule is O=C(c1cccc(F)c1)N(CCN1CCOCC1)CC(=O)N1N=C(c2ccc(F)cc2)C[C@@H]1c1ccc(Cl)cc1. The van der Waals surface area contributed by atoms with Crippen LogP contribution in [0.1, 0.15) is 33.9 Å². The Labute approximate surface area is 236 Å². The molecule has 2 aliphatic heterocycles. The van der Waals surface area contributed by atoms with E-state index in [9.17, 15) is 18.4 Å². The van der Waals surface area contributed by atoms with Gasteiger partial charge in [0.25, 0.3) is 11.8 Å². The van der Waals surface area contributed by atoms with Gasteiger partial charge in [0.2, 0.25) is 0 Å². The molecule has 7 nitrogen and oxygen atoms in total. The molecule has 1 atom stereocenters. The minimum Gasteiger partial charge on any atom is -0.379 e. The van der Waals surface area contributed by atoms with E-state index in [0.717, 1.165) is 18.7 Å². The minimum atomic E-state index is -0.527. The van der Waals surface area contributed by atoms with E-state index in [0.29, 0.717) is 42.5 Å². The standard InChI is InChI=1S/C30H29ClF2N4O3/c31-24-8-4-22(5-9-24)28-19-27(21-6-10-25(32)11-7-21)34-37(28)29(38)20-36(13-12-35-14-16-40-17-15-35)30(39)23-2-1-3-26(33)18-23/h1-11,18,28H,12-17,19-20H2/t28-/m1/s1. The summed E-state index contributed by atoms with van der Waals surface area (Å²) in [6, 6.07) is 18.1. The lowest BCUT2D eigenvalue weighted by atomic mass is 9.98. The van der Waals surface area contributed by atoms with Gasteiger partial charge >= 0.3 is 0 Å². The van der Waals surface area contributed by atoms with Crippen molar-refractivity contribution in [3.05, 3.63) is 106 Å². The van der Waals surface area contributed by atoms with Crippen molar-refractivity contribution in [1.82, 2.24) is 14.8 Å². The van der Waals surface area contributed by atoms with Crippen LogP contribution in [0.2, 0.25) is 5.02 Å². The van der Waals surface area contributed by atoms with Crippen molar-refractivity contribution in [2.24, 2.45) is 5.10 Å². The fourth-order valence-electron chi connectivity index (χ4n) is 4.88. The highest BCUT2D eigenvalue weighted by atomic mass is 35.5. The van der Waals surface area contributed by atoms with Crippen molar-refractivity contribution in [3.63, 3.8) is 0 Å². The fraction of sp³-hybridized carbons (Fsp3) is 0.300. The summed E-state index contributed by atoms with van der Waals surface area (Å²) in [6.45, 7) is 3.24. The smallest absolute Gasteiger partial charge is 0.262 e. The molecule has 2 amide bonds. The van der Waals surface area contributed by atoms with E-state index in [-0.39, 0.29) is 30.4 Å². The Bertz CT molecular complexity index is 1380. The number of carbonyl (C=O) groups excluding carboxylic acids is 2. The summed E-state index contributed by atoms with van der Waals surface area (Å²) in [7, 11) is 0. The van der Waals surface area contributed by atoms with Gasteiger partial charge in [-0.2, -0.15) is 5.10 Å². The van der Waals surface area contributed by atoms with Gasteiger partial charge in [0, 0.05) is 43.2 Å². The number of benzene rings is 3. The van der Waals surface area contributed by atoms with Crippen LogP contribution in [0.15, 0.2) is 77.9 Å². The quantitative estimate of drug-likeness (QED) is 0.394. The molecule has 208 valence electrons. The number of morpholine rings is 1. The van der Waals surface area contributed by atoms with Crippen molar-refractivity contribution in [1.29, 1.82) is 0 Å². The zero-order valence-electron chi connectivity index (χ0n) is 21.8. The zero-order chi connectivity index (χ0) is 28.1. The third kappa shape index (κ3) is 6.72. The average Bonchev–Trinajstić information content (AvgIpc) is 3.42. The third-order valence-electron chi connectivity index (χ3n) is 7.07. The summed E-state index contributed by atoms with van der Waals surface area (Å²) in [4.78, 5) is 30.9. The summed E-state index contributed by atoms with van der Waals surface area (Å²) < 4.78 is 32.9. The second-order valence-corrected chi connectivity index (χ2v) is 10.2. The molecule has 0 spiro atoms. The fourth-order valence-corrected chi connectivity index (χ4v) is 5.01. The van der Waals surface area contributed by atoms with Crippen LogP contribution in [-0.4, -0.2) is 78.3 Å². The Morgan fingerprint density at radius 1 is 0.975 bits per heavy atom. The maximum Gasteiger partial charge on any atom is 0.262 e. The molecule has 2 aliphatic rings. The highest BCUT2D eigenvalue weighted by Gasteiger charge is 2.34. The lowest BCUT2D eigenvalue weighted by Crippen LogP contribution is -2.46. The molecular formula is C30H29ClF2N4O3. The molecule has 40 heavy (non-hydrogen) atoms. The van der Waals surface area contributed by atoms with Crippen molar-refractivity contribution >= 4 is 29.1 Å². The van der Waals surface area contributed by atoms with Crippen LogP contribution in [0.25, 0.3) is 0 Å². The molecule has 10 heteroatoms. The molecule has 1 fully saturated rings. The maximum atomic E-state index is 14.0. The number of rotatable bonds is 8. The van der Waals surface area contributed by atoms with Gasteiger partial charge in [0.15, 0.2) is 0 Å². The second kappa shape index (κ2) is 12.7. The van der Waals surface area contributed by atoms with Crippen molar-refractivity contribution in [2.75, 3.05) is 45.9 Å². The van der Waals surface area contributed by atoms with Gasteiger partial charge in [0.1, 0.15) is 18.2 Å². The molecule has 0 aliphatic carbocycles. The molecule has 0 aromatic heterocycles. The van der Waals surface area contributed by atoms with Gasteiger partial charge in [0.05, 0.1) is 25.0 Å². The molecule has 1 saturated heterocycles. The molecule has 2 heterocycles. The number of nitrogens with zero attached hydrogens (tertiary/aromatic N) is 4. The van der Waals surface area contributed by atoms with Crippen LogP contribution in [0.5, 0.6) is 0 Å². The molecule has 0 N–H and O–H groups in total. The first kappa shape index (κ1) is 27.9. The van der Waals surface area contributed by atoms with E-state index < -0.39 is 17.8 Å². The van der Waals surface area contributed by atoms with Gasteiger partial charge in [-0.1, -0.05) is 41.9 Å². The third-order valence-corrected chi connectivity index (χ3v) is 7.32. The number of ether oxygens (including phenoxy) is 1. The molecule has 0 unspecified atom stereocenters. The van der Waals surface area contributed by atoms with Gasteiger partial charge < -0.3 is 9.64 Å². The van der Waals surface area contributed by atoms with Crippen LogP contribution in [0.4, 0.5) is 8.78 Å². The Morgan fingerprint density at radius 3 is 2.40 bits per heavy atom. The predicted octanol–water partition coefficient (Wildman–Crippen LogP) is 4.77. The van der Waals surface area contributed by atoms with Crippen LogP contribution in [0.3, 0.4) is 0 Å². The van der Waals surface area contributed by atoms with Crippen molar-refractivity contribution in [2.45, 2.75) is 12.5 Å². The Hall–Kier alpha value is -3.66. The molecule has 0 bridgehead atoms. The largest absolute Gasteiger partial charge is 0.379 e. The number of hydrogen-bond donors (Lipinski definition) is 0. The number of amides is 2. The van der Waals surface area contributed by atoms with Crippen molar-refractivity contribution < 1.29 is 23.1 Å². The summed E-state index contributed by atoms with van der Waals surface area (Å²) >= 11 is 6.10. The number of carbonyl (C=O) groups is 2. The van der Waals surface area contributed by atoms with Gasteiger partial charge in [-0.25, -0.2) is 13.8 Å². The number of hydrogen-bond acceptors (Lipinski definition) is 5. The van der Waals surface area contributed by atoms with E-state index in [1.54, 1.807) is 24.3 Å². The molecular weight excluding hydrogens is 538 g/mol. The summed E-state index contributed by atoms with van der Waals surface area (Å²) in [5.74, 6) is -1.72. The molecule has 0 saturated carbocycles. The summed E-state index contributed by atoms with van der Waals surface area (Å²) in [6.07, 6.45) is 0.407. The van der Waals surface area contributed by atoms with Gasteiger partial charge in [-0.05, 0) is 53.6 Å². The predicted molar refractivity (Wildman–Crippen MR) is 148 cm³/mol. The number of halogens is 3. The van der Waals surface area contributed by atoms with E-state index in [1.165, 1.54) is 46.3 Å². The summed E-state index contributed by atoms with van der Waals surface area (Å²) in [5, 5.41) is 6.59. The average molecular weight is 567 g/mol. The highest BCUT2D eigenvalue weighted by molar-refractivity contribution is 6.30.